The Balaban J connectivity index is 2.08. The van der Waals surface area contributed by atoms with Gasteiger partial charge in [0.05, 0.1) is 0 Å². The maximum atomic E-state index is 12.3. The van der Waals surface area contributed by atoms with Gasteiger partial charge in [0, 0.05) is 25.2 Å². The van der Waals surface area contributed by atoms with Crippen LogP contribution < -0.4 is 5.32 Å². The Kier molecular flexibility index (Phi) is 5.38. The fourth-order valence-electron chi connectivity index (χ4n) is 2.07. The molecule has 0 spiro atoms. The molecule has 1 heterocycles. The first-order valence-corrected chi connectivity index (χ1v) is 7.91. The fourth-order valence-corrected chi connectivity index (χ4v) is 3.28. The molecule has 21 heavy (non-hydrogen) atoms. The maximum absolute atomic E-state index is 12.3. The van der Waals surface area contributed by atoms with Crippen molar-refractivity contribution in [3.63, 3.8) is 0 Å². The van der Waals surface area contributed by atoms with E-state index in [9.17, 15) is 9.59 Å². The molecule has 0 saturated carbocycles. The van der Waals surface area contributed by atoms with Crippen LogP contribution in [0.2, 0.25) is 0 Å². The topological polar surface area (TPSA) is 61.8 Å². The standard InChI is InChI=1S/C15H19N3O2S/c1-3-16-15-18(4-2)13(19)10-12(21-15)14(20)17-11-8-6-5-7-9-11/h5-9,12H,3-4,10H2,1-2H3,(H,17,20)/t12-/m1/s1. The quantitative estimate of drug-likeness (QED) is 0.929. The number of hydrogen-bond acceptors (Lipinski definition) is 4. The number of amides is 2. The normalized spacial score (nSPS) is 20.7. The van der Waals surface area contributed by atoms with Crippen LogP contribution in [-0.2, 0) is 9.59 Å². The van der Waals surface area contributed by atoms with Gasteiger partial charge in [0.15, 0.2) is 5.17 Å². The van der Waals surface area contributed by atoms with Crippen molar-refractivity contribution in [1.29, 1.82) is 0 Å². The molecule has 112 valence electrons. The summed E-state index contributed by atoms with van der Waals surface area (Å²) in [6.07, 6.45) is 0.208. The van der Waals surface area contributed by atoms with Gasteiger partial charge in [-0.05, 0) is 26.0 Å². The largest absolute Gasteiger partial charge is 0.325 e. The third kappa shape index (κ3) is 3.85. The fraction of sp³-hybridized carbons (Fsp3) is 0.400. The molecule has 1 aromatic rings. The lowest BCUT2D eigenvalue weighted by Crippen LogP contribution is -2.45. The van der Waals surface area contributed by atoms with Crippen LogP contribution in [0.15, 0.2) is 35.3 Å². The molecule has 6 heteroatoms. The zero-order chi connectivity index (χ0) is 15.2. The number of thioether (sulfide) groups is 1. The summed E-state index contributed by atoms with van der Waals surface area (Å²) in [6.45, 7) is 5.00. The van der Waals surface area contributed by atoms with Crippen LogP contribution >= 0.6 is 11.8 Å². The zero-order valence-corrected chi connectivity index (χ0v) is 13.0. The van der Waals surface area contributed by atoms with E-state index in [0.717, 1.165) is 5.69 Å². The summed E-state index contributed by atoms with van der Waals surface area (Å²) < 4.78 is 0. The third-order valence-corrected chi connectivity index (χ3v) is 4.31. The highest BCUT2D eigenvalue weighted by Gasteiger charge is 2.34. The summed E-state index contributed by atoms with van der Waals surface area (Å²) in [6, 6.07) is 9.26. The van der Waals surface area contributed by atoms with Crippen LogP contribution in [0.1, 0.15) is 20.3 Å². The van der Waals surface area contributed by atoms with Crippen LogP contribution in [0.3, 0.4) is 0 Å². The van der Waals surface area contributed by atoms with Gasteiger partial charge in [-0.15, -0.1) is 0 Å². The van der Waals surface area contributed by atoms with Crippen molar-refractivity contribution < 1.29 is 9.59 Å². The Morgan fingerprint density at radius 2 is 2.10 bits per heavy atom. The summed E-state index contributed by atoms with van der Waals surface area (Å²) in [4.78, 5) is 30.4. The average molecular weight is 305 g/mol. The highest BCUT2D eigenvalue weighted by atomic mass is 32.2. The molecule has 5 nitrogen and oxygen atoms in total. The van der Waals surface area contributed by atoms with Crippen molar-refractivity contribution in [3.8, 4) is 0 Å². The number of carbonyl (C=O) groups is 2. The van der Waals surface area contributed by atoms with Gasteiger partial charge in [-0.2, -0.15) is 0 Å². The monoisotopic (exact) mass is 305 g/mol. The van der Waals surface area contributed by atoms with E-state index in [4.69, 9.17) is 0 Å². The number of nitrogens with zero attached hydrogens (tertiary/aromatic N) is 2. The minimum absolute atomic E-state index is 0.0448. The summed E-state index contributed by atoms with van der Waals surface area (Å²) >= 11 is 1.36. The molecule has 0 unspecified atom stereocenters. The lowest BCUT2D eigenvalue weighted by molar-refractivity contribution is -0.129. The molecule has 0 radical (unpaired) electrons. The summed E-state index contributed by atoms with van der Waals surface area (Å²) in [7, 11) is 0. The highest BCUT2D eigenvalue weighted by molar-refractivity contribution is 8.15. The molecule has 0 aromatic heterocycles. The second-order valence-electron chi connectivity index (χ2n) is 4.56. The second kappa shape index (κ2) is 7.26. The summed E-state index contributed by atoms with van der Waals surface area (Å²) in [5.74, 6) is -0.198. The third-order valence-electron chi connectivity index (χ3n) is 3.08. The number of aliphatic imine (C=N–C) groups is 1. The van der Waals surface area contributed by atoms with E-state index in [1.54, 1.807) is 4.90 Å². The number of anilines is 1. The molecular formula is C15H19N3O2S. The Morgan fingerprint density at radius 3 is 2.71 bits per heavy atom. The van der Waals surface area contributed by atoms with Crippen LogP contribution in [-0.4, -0.2) is 40.2 Å². The first-order valence-electron chi connectivity index (χ1n) is 7.03. The lowest BCUT2D eigenvalue weighted by atomic mass is 10.2. The molecule has 1 aromatic carbocycles. The van der Waals surface area contributed by atoms with Crippen molar-refractivity contribution >= 4 is 34.4 Å². The van der Waals surface area contributed by atoms with Crippen LogP contribution in [0.25, 0.3) is 0 Å². The van der Waals surface area contributed by atoms with E-state index in [1.165, 1.54) is 11.8 Å². The van der Waals surface area contributed by atoms with Gasteiger partial charge >= 0.3 is 0 Å². The second-order valence-corrected chi connectivity index (χ2v) is 5.73. The van der Waals surface area contributed by atoms with Crippen LogP contribution in [0, 0.1) is 0 Å². The van der Waals surface area contributed by atoms with E-state index in [-0.39, 0.29) is 18.2 Å². The number of carbonyl (C=O) groups excluding carboxylic acids is 2. The summed E-state index contributed by atoms with van der Waals surface area (Å²) in [5.41, 5.74) is 0.738. The Bertz CT molecular complexity index is 545. The van der Waals surface area contributed by atoms with Gasteiger partial charge in [0.1, 0.15) is 5.25 Å². The smallest absolute Gasteiger partial charge is 0.238 e. The number of nitrogens with one attached hydrogen (secondary N) is 1. The molecular weight excluding hydrogens is 286 g/mol. The van der Waals surface area contributed by atoms with Crippen LogP contribution in [0.4, 0.5) is 5.69 Å². The summed E-state index contributed by atoms with van der Waals surface area (Å²) in [5, 5.41) is 3.06. The predicted octanol–water partition coefficient (Wildman–Crippen LogP) is 2.36. The predicted molar refractivity (Wildman–Crippen MR) is 86.4 cm³/mol. The van der Waals surface area contributed by atoms with Crippen molar-refractivity contribution in [2.24, 2.45) is 4.99 Å². The number of amidine groups is 1. The van der Waals surface area contributed by atoms with Gasteiger partial charge < -0.3 is 5.32 Å². The maximum Gasteiger partial charge on any atom is 0.238 e. The Hall–Kier alpha value is -1.82. The SMILES string of the molecule is CCN=C1S[C@@H](C(=O)Nc2ccccc2)CC(=O)N1CC. The first kappa shape index (κ1) is 15.6. The van der Waals surface area contributed by atoms with Crippen molar-refractivity contribution in [2.75, 3.05) is 18.4 Å². The molecule has 1 aliphatic rings. The number of rotatable bonds is 4. The number of para-hydroxylation sites is 1. The average Bonchev–Trinajstić information content (AvgIpc) is 2.48. The first-order chi connectivity index (χ1) is 10.2. The minimum atomic E-state index is -0.425. The molecule has 1 saturated heterocycles. The van der Waals surface area contributed by atoms with E-state index in [2.05, 4.69) is 10.3 Å². The minimum Gasteiger partial charge on any atom is -0.325 e. The molecule has 1 aliphatic heterocycles. The highest BCUT2D eigenvalue weighted by Crippen LogP contribution is 2.27. The van der Waals surface area contributed by atoms with Gasteiger partial charge in [-0.25, -0.2) is 0 Å². The van der Waals surface area contributed by atoms with Gasteiger partial charge in [0.25, 0.3) is 0 Å². The molecule has 2 amide bonds. The number of benzene rings is 1. The van der Waals surface area contributed by atoms with Crippen molar-refractivity contribution in [3.05, 3.63) is 30.3 Å². The zero-order valence-electron chi connectivity index (χ0n) is 12.2. The number of hydrogen-bond donors (Lipinski definition) is 1. The molecule has 1 N–H and O–H groups in total. The molecule has 1 atom stereocenters. The van der Waals surface area contributed by atoms with Gasteiger partial charge in [-0.3, -0.25) is 19.5 Å². The van der Waals surface area contributed by atoms with E-state index >= 15 is 0 Å². The van der Waals surface area contributed by atoms with Crippen molar-refractivity contribution in [2.45, 2.75) is 25.5 Å². The van der Waals surface area contributed by atoms with Crippen molar-refractivity contribution in [1.82, 2.24) is 4.90 Å². The Labute approximate surface area is 128 Å². The molecule has 1 fully saturated rings. The van der Waals surface area contributed by atoms with Gasteiger partial charge in [0.2, 0.25) is 11.8 Å². The molecule has 0 bridgehead atoms. The van der Waals surface area contributed by atoms with E-state index in [1.807, 2.05) is 44.2 Å². The Morgan fingerprint density at radius 1 is 1.38 bits per heavy atom. The molecule has 2 rings (SSSR count). The molecule has 0 aliphatic carbocycles. The lowest BCUT2D eigenvalue weighted by Gasteiger charge is -2.30. The van der Waals surface area contributed by atoms with E-state index < -0.39 is 5.25 Å². The van der Waals surface area contributed by atoms with Crippen LogP contribution in [0.5, 0.6) is 0 Å². The van der Waals surface area contributed by atoms with E-state index in [0.29, 0.717) is 18.3 Å². The van der Waals surface area contributed by atoms with Gasteiger partial charge in [-0.1, -0.05) is 30.0 Å².